The molecule has 0 heterocycles. The van der Waals surface area contributed by atoms with Gasteiger partial charge in [-0.25, -0.2) is 12.7 Å². The van der Waals surface area contributed by atoms with Gasteiger partial charge in [0.1, 0.15) is 0 Å². The Morgan fingerprint density at radius 1 is 1.37 bits per heavy atom. The van der Waals surface area contributed by atoms with Gasteiger partial charge in [0, 0.05) is 23.8 Å². The van der Waals surface area contributed by atoms with Gasteiger partial charge in [0.2, 0.25) is 10.0 Å². The third-order valence-corrected chi connectivity index (χ3v) is 5.19. The quantitative estimate of drug-likeness (QED) is 0.839. The van der Waals surface area contributed by atoms with Crippen LogP contribution in [-0.2, 0) is 10.0 Å². The van der Waals surface area contributed by atoms with Crippen molar-refractivity contribution in [1.82, 2.24) is 4.31 Å². The summed E-state index contributed by atoms with van der Waals surface area (Å²) in [5.41, 5.74) is 5.83. The number of hydrogen-bond acceptors (Lipinski definition) is 3. The van der Waals surface area contributed by atoms with Gasteiger partial charge in [-0.3, -0.25) is 0 Å². The molecule has 0 saturated heterocycles. The lowest BCUT2D eigenvalue weighted by Crippen LogP contribution is -2.30. The van der Waals surface area contributed by atoms with E-state index < -0.39 is 29.2 Å². The van der Waals surface area contributed by atoms with Crippen molar-refractivity contribution in [3.05, 3.63) is 22.7 Å². The number of halogens is 4. The third-order valence-electron chi connectivity index (χ3n) is 2.35. The first kappa shape index (κ1) is 16.3. The van der Waals surface area contributed by atoms with Gasteiger partial charge in [-0.1, -0.05) is 0 Å². The van der Waals surface area contributed by atoms with Gasteiger partial charge in [0.05, 0.1) is 11.3 Å². The summed E-state index contributed by atoms with van der Waals surface area (Å²) in [5, 5.41) is 0. The molecule has 19 heavy (non-hydrogen) atoms. The average molecular weight is 361 g/mol. The van der Waals surface area contributed by atoms with Crippen LogP contribution in [0.5, 0.6) is 0 Å². The molecule has 4 nitrogen and oxygen atoms in total. The van der Waals surface area contributed by atoms with Gasteiger partial charge in [0.15, 0.2) is 0 Å². The standard InChI is InChI=1S/C10H12BrF3N2O2S/c1-16(5-4-10(12,13)14)19(17,18)9-3-2-7(15)6-8(9)11/h2-3,6H,4-5,15H2,1H3. The Morgan fingerprint density at radius 3 is 2.42 bits per heavy atom. The highest BCUT2D eigenvalue weighted by atomic mass is 79.9. The second kappa shape index (κ2) is 5.68. The van der Waals surface area contributed by atoms with Gasteiger partial charge >= 0.3 is 6.18 Å². The summed E-state index contributed by atoms with van der Waals surface area (Å²) < 4.78 is 61.3. The van der Waals surface area contributed by atoms with Crippen LogP contribution in [0.4, 0.5) is 18.9 Å². The fourth-order valence-electron chi connectivity index (χ4n) is 1.30. The minimum absolute atomic E-state index is 0.119. The Labute approximate surface area is 117 Å². The summed E-state index contributed by atoms with van der Waals surface area (Å²) in [6, 6.07) is 4.00. The van der Waals surface area contributed by atoms with Crippen LogP contribution < -0.4 is 5.73 Å². The summed E-state index contributed by atoms with van der Waals surface area (Å²) >= 11 is 3.03. The van der Waals surface area contributed by atoms with Gasteiger partial charge in [0.25, 0.3) is 0 Å². The van der Waals surface area contributed by atoms with Crippen LogP contribution in [0.25, 0.3) is 0 Å². The molecule has 0 aromatic heterocycles. The number of alkyl halides is 3. The molecule has 9 heteroatoms. The van der Waals surface area contributed by atoms with Crippen LogP contribution in [0.1, 0.15) is 6.42 Å². The molecular weight excluding hydrogens is 349 g/mol. The topological polar surface area (TPSA) is 63.4 Å². The number of nitrogen functional groups attached to an aromatic ring is 1. The molecule has 0 aliphatic rings. The van der Waals surface area contributed by atoms with Crippen LogP contribution >= 0.6 is 15.9 Å². The molecular formula is C10H12BrF3N2O2S. The maximum Gasteiger partial charge on any atom is 0.390 e. The summed E-state index contributed by atoms with van der Waals surface area (Å²) in [4.78, 5) is -0.119. The molecule has 0 aliphatic carbocycles. The Bertz CT molecular complexity index is 560. The van der Waals surface area contributed by atoms with E-state index in [-0.39, 0.29) is 9.37 Å². The van der Waals surface area contributed by atoms with Crippen LogP contribution in [0, 0.1) is 0 Å². The van der Waals surface area contributed by atoms with Crippen molar-refractivity contribution in [2.75, 3.05) is 19.3 Å². The molecule has 0 radical (unpaired) electrons. The van der Waals surface area contributed by atoms with E-state index in [9.17, 15) is 21.6 Å². The summed E-state index contributed by atoms with van der Waals surface area (Å²) in [5.74, 6) is 0. The van der Waals surface area contributed by atoms with E-state index >= 15 is 0 Å². The summed E-state index contributed by atoms with van der Waals surface area (Å²) in [6.45, 7) is -0.636. The average Bonchev–Trinajstić information content (AvgIpc) is 2.24. The lowest BCUT2D eigenvalue weighted by atomic mass is 10.3. The first-order valence-corrected chi connectivity index (χ1v) is 7.35. The van der Waals surface area contributed by atoms with E-state index in [1.807, 2.05) is 0 Å². The van der Waals surface area contributed by atoms with E-state index in [1.165, 1.54) is 18.2 Å². The zero-order valence-corrected chi connectivity index (χ0v) is 12.3. The minimum Gasteiger partial charge on any atom is -0.399 e. The smallest absolute Gasteiger partial charge is 0.390 e. The SMILES string of the molecule is CN(CCC(F)(F)F)S(=O)(=O)c1ccc(N)cc1Br. The lowest BCUT2D eigenvalue weighted by molar-refractivity contribution is -0.135. The number of anilines is 1. The molecule has 0 fully saturated rings. The number of hydrogen-bond donors (Lipinski definition) is 1. The maximum atomic E-state index is 12.1. The van der Waals surface area contributed by atoms with Crippen LogP contribution in [0.15, 0.2) is 27.6 Å². The number of benzene rings is 1. The summed E-state index contributed by atoms with van der Waals surface area (Å²) in [7, 11) is -2.88. The van der Waals surface area contributed by atoms with Crippen molar-refractivity contribution in [3.63, 3.8) is 0 Å². The van der Waals surface area contributed by atoms with Crippen molar-refractivity contribution in [1.29, 1.82) is 0 Å². The zero-order chi connectivity index (χ0) is 14.8. The fraction of sp³-hybridized carbons (Fsp3) is 0.400. The van der Waals surface area contributed by atoms with Gasteiger partial charge < -0.3 is 5.73 Å². The maximum absolute atomic E-state index is 12.1. The van der Waals surface area contributed by atoms with Crippen molar-refractivity contribution in [3.8, 4) is 0 Å². The largest absolute Gasteiger partial charge is 0.399 e. The van der Waals surface area contributed by atoms with Crippen LogP contribution in [0.2, 0.25) is 0 Å². The molecule has 0 unspecified atom stereocenters. The van der Waals surface area contributed by atoms with Crippen molar-refractivity contribution in [2.45, 2.75) is 17.5 Å². The van der Waals surface area contributed by atoms with Crippen LogP contribution in [0.3, 0.4) is 0 Å². The molecule has 1 aromatic carbocycles. The normalized spacial score (nSPS) is 12.9. The lowest BCUT2D eigenvalue weighted by Gasteiger charge is -2.19. The Balaban J connectivity index is 2.97. The molecule has 0 aliphatic heterocycles. The molecule has 0 spiro atoms. The molecule has 2 N–H and O–H groups in total. The highest BCUT2D eigenvalue weighted by Crippen LogP contribution is 2.27. The van der Waals surface area contributed by atoms with Gasteiger partial charge in [-0.05, 0) is 34.1 Å². The second-order valence-corrected chi connectivity index (χ2v) is 6.75. The Morgan fingerprint density at radius 2 is 1.95 bits per heavy atom. The Kier molecular flexibility index (Phi) is 4.86. The number of sulfonamides is 1. The zero-order valence-electron chi connectivity index (χ0n) is 9.91. The predicted molar refractivity (Wildman–Crippen MR) is 69.0 cm³/mol. The summed E-state index contributed by atoms with van der Waals surface area (Å²) in [6.07, 6.45) is -5.60. The number of nitrogens with zero attached hydrogens (tertiary/aromatic N) is 1. The molecule has 0 amide bonds. The highest BCUT2D eigenvalue weighted by Gasteiger charge is 2.31. The first-order valence-electron chi connectivity index (χ1n) is 5.12. The van der Waals surface area contributed by atoms with E-state index in [0.29, 0.717) is 9.99 Å². The predicted octanol–water partition coefficient (Wildman–Crippen LogP) is 2.60. The number of nitrogens with two attached hydrogens (primary N) is 1. The molecule has 0 saturated carbocycles. The van der Waals surface area contributed by atoms with Gasteiger partial charge in [-0.2, -0.15) is 13.2 Å². The third kappa shape index (κ3) is 4.36. The molecule has 1 aromatic rings. The monoisotopic (exact) mass is 360 g/mol. The Hall–Kier alpha value is -0.800. The van der Waals surface area contributed by atoms with Crippen molar-refractivity contribution in [2.24, 2.45) is 0 Å². The highest BCUT2D eigenvalue weighted by molar-refractivity contribution is 9.10. The van der Waals surface area contributed by atoms with Gasteiger partial charge in [-0.15, -0.1) is 0 Å². The fourth-order valence-corrected chi connectivity index (χ4v) is 3.52. The van der Waals surface area contributed by atoms with E-state index in [2.05, 4.69) is 15.9 Å². The van der Waals surface area contributed by atoms with E-state index in [4.69, 9.17) is 5.73 Å². The van der Waals surface area contributed by atoms with E-state index in [0.717, 1.165) is 7.05 Å². The van der Waals surface area contributed by atoms with Crippen LogP contribution in [-0.4, -0.2) is 32.5 Å². The van der Waals surface area contributed by atoms with Crippen molar-refractivity contribution < 1.29 is 21.6 Å². The minimum atomic E-state index is -4.40. The molecule has 0 bridgehead atoms. The second-order valence-electron chi connectivity index (χ2n) is 3.88. The molecule has 0 atom stereocenters. The van der Waals surface area contributed by atoms with E-state index in [1.54, 1.807) is 0 Å². The molecule has 108 valence electrons. The number of rotatable bonds is 4. The van der Waals surface area contributed by atoms with Crippen molar-refractivity contribution >= 4 is 31.6 Å². The molecule has 1 rings (SSSR count). The first-order chi connectivity index (χ1) is 8.54.